The molecule has 0 bridgehead atoms. The Hall–Kier alpha value is -1.37. The van der Waals surface area contributed by atoms with E-state index in [0.717, 1.165) is 5.69 Å². The van der Waals surface area contributed by atoms with Crippen molar-refractivity contribution in [3.05, 3.63) is 15.9 Å². The van der Waals surface area contributed by atoms with Crippen LogP contribution in [0, 0.1) is 5.92 Å². The molecule has 104 valence electrons. The number of aliphatic carboxylic acids is 1. The van der Waals surface area contributed by atoms with Crippen molar-refractivity contribution in [2.75, 3.05) is 13.1 Å². The van der Waals surface area contributed by atoms with Gasteiger partial charge in [-0.25, -0.2) is 0 Å². The van der Waals surface area contributed by atoms with Crippen LogP contribution in [0.4, 0.5) is 0 Å². The molecule has 1 aromatic heterocycles. The van der Waals surface area contributed by atoms with E-state index in [4.69, 9.17) is 5.11 Å². The number of H-pyrrole nitrogens is 1. The molecule has 2 rings (SSSR count). The highest BCUT2D eigenvalue weighted by Gasteiger charge is 2.33. The first kappa shape index (κ1) is 14.0. The summed E-state index contributed by atoms with van der Waals surface area (Å²) in [5.41, 5.74) is 1.20. The lowest BCUT2D eigenvalue weighted by Crippen LogP contribution is -2.30. The van der Waals surface area contributed by atoms with Crippen LogP contribution in [-0.2, 0) is 4.79 Å². The maximum absolute atomic E-state index is 12.3. The molecule has 1 unspecified atom stereocenters. The highest BCUT2D eigenvalue weighted by atomic mass is 79.9. The summed E-state index contributed by atoms with van der Waals surface area (Å²) in [7, 11) is 0. The molecule has 19 heavy (non-hydrogen) atoms. The molecular formula is C12H16BrN3O3. The number of carbonyl (C=O) groups excluding carboxylic acids is 1. The Morgan fingerprint density at radius 1 is 1.53 bits per heavy atom. The van der Waals surface area contributed by atoms with E-state index in [0.29, 0.717) is 23.1 Å². The van der Waals surface area contributed by atoms with Gasteiger partial charge in [-0.05, 0) is 28.3 Å². The number of carbonyl (C=O) groups is 2. The second kappa shape index (κ2) is 5.32. The van der Waals surface area contributed by atoms with Crippen LogP contribution in [-0.4, -0.2) is 45.2 Å². The number of hydrogen-bond acceptors (Lipinski definition) is 3. The Kier molecular flexibility index (Phi) is 3.93. The monoisotopic (exact) mass is 329 g/mol. The van der Waals surface area contributed by atoms with Gasteiger partial charge in [0, 0.05) is 13.1 Å². The maximum Gasteiger partial charge on any atom is 0.308 e. The Labute approximate surface area is 119 Å². The number of halogens is 1. The van der Waals surface area contributed by atoms with Crippen LogP contribution >= 0.6 is 15.9 Å². The van der Waals surface area contributed by atoms with Crippen molar-refractivity contribution in [2.45, 2.75) is 26.2 Å². The second-order valence-electron chi connectivity index (χ2n) is 5.03. The fraction of sp³-hybridized carbons (Fsp3) is 0.583. The van der Waals surface area contributed by atoms with Gasteiger partial charge in [0.15, 0.2) is 5.69 Å². The fourth-order valence-corrected chi connectivity index (χ4v) is 2.97. The Balaban J connectivity index is 2.15. The molecule has 1 aliphatic heterocycles. The minimum atomic E-state index is -0.848. The van der Waals surface area contributed by atoms with Gasteiger partial charge >= 0.3 is 5.97 Å². The molecule has 0 aliphatic carbocycles. The number of carboxylic acid groups (broad SMARTS) is 1. The molecule has 1 atom stereocenters. The minimum Gasteiger partial charge on any atom is -0.481 e. The highest BCUT2D eigenvalue weighted by Crippen LogP contribution is 2.27. The zero-order chi connectivity index (χ0) is 14.2. The van der Waals surface area contributed by atoms with E-state index in [2.05, 4.69) is 26.1 Å². The molecule has 0 saturated carbocycles. The summed E-state index contributed by atoms with van der Waals surface area (Å²) in [6.45, 7) is 4.72. The maximum atomic E-state index is 12.3. The lowest BCUT2D eigenvalue weighted by molar-refractivity contribution is -0.141. The van der Waals surface area contributed by atoms with E-state index in [1.165, 1.54) is 0 Å². The van der Waals surface area contributed by atoms with Gasteiger partial charge in [0.25, 0.3) is 5.91 Å². The molecule has 1 saturated heterocycles. The summed E-state index contributed by atoms with van der Waals surface area (Å²) in [6, 6.07) is 0. The number of rotatable bonds is 3. The van der Waals surface area contributed by atoms with Crippen molar-refractivity contribution < 1.29 is 14.7 Å². The van der Waals surface area contributed by atoms with Crippen molar-refractivity contribution >= 4 is 27.8 Å². The molecule has 0 spiro atoms. The van der Waals surface area contributed by atoms with Crippen LogP contribution in [0.2, 0.25) is 0 Å². The van der Waals surface area contributed by atoms with Gasteiger partial charge in [-0.3, -0.25) is 14.7 Å². The molecule has 0 radical (unpaired) electrons. The summed E-state index contributed by atoms with van der Waals surface area (Å²) in [5, 5.41) is 15.8. The number of aromatic nitrogens is 2. The number of carboxylic acids is 1. The smallest absolute Gasteiger partial charge is 0.308 e. The van der Waals surface area contributed by atoms with Crippen LogP contribution < -0.4 is 0 Å². The van der Waals surface area contributed by atoms with Crippen molar-refractivity contribution in [1.82, 2.24) is 15.1 Å². The predicted octanol–water partition coefficient (Wildman–Crippen LogP) is 1.84. The summed E-state index contributed by atoms with van der Waals surface area (Å²) >= 11 is 3.39. The van der Waals surface area contributed by atoms with Gasteiger partial charge in [-0.2, -0.15) is 5.10 Å². The van der Waals surface area contributed by atoms with Gasteiger partial charge < -0.3 is 10.0 Å². The van der Waals surface area contributed by atoms with Gasteiger partial charge in [0.05, 0.1) is 16.1 Å². The lowest BCUT2D eigenvalue weighted by Gasteiger charge is -2.14. The molecule has 1 amide bonds. The SMILES string of the molecule is CC(C)c1[nH]nc(C(=O)N2CCC(C(=O)O)C2)c1Br. The lowest BCUT2D eigenvalue weighted by atomic mass is 10.1. The molecule has 6 nitrogen and oxygen atoms in total. The average Bonchev–Trinajstić information content (AvgIpc) is 2.94. The summed E-state index contributed by atoms with van der Waals surface area (Å²) in [6.07, 6.45) is 0.500. The molecule has 1 aromatic rings. The Morgan fingerprint density at radius 3 is 2.68 bits per heavy atom. The van der Waals surface area contributed by atoms with E-state index in [9.17, 15) is 9.59 Å². The minimum absolute atomic E-state index is 0.223. The van der Waals surface area contributed by atoms with Gasteiger partial charge in [-0.1, -0.05) is 13.8 Å². The molecule has 2 heterocycles. The van der Waals surface area contributed by atoms with Crippen molar-refractivity contribution in [3.8, 4) is 0 Å². The van der Waals surface area contributed by atoms with Crippen LogP contribution in [0.25, 0.3) is 0 Å². The Bertz CT molecular complexity index is 512. The molecular weight excluding hydrogens is 314 g/mol. The standard InChI is InChI=1S/C12H16BrN3O3/c1-6(2)9-8(13)10(15-14-9)11(17)16-4-3-7(5-16)12(18)19/h6-7H,3-5H2,1-2H3,(H,14,15)(H,18,19). The van der Waals surface area contributed by atoms with Crippen LogP contribution in [0.15, 0.2) is 4.47 Å². The first-order valence-corrected chi connectivity index (χ1v) is 6.97. The third-order valence-corrected chi connectivity index (χ3v) is 4.14. The van der Waals surface area contributed by atoms with E-state index >= 15 is 0 Å². The normalized spacial score (nSPS) is 19.2. The number of aromatic amines is 1. The zero-order valence-corrected chi connectivity index (χ0v) is 12.4. The number of nitrogens with zero attached hydrogens (tertiary/aromatic N) is 2. The fourth-order valence-electron chi connectivity index (χ4n) is 2.16. The van der Waals surface area contributed by atoms with E-state index in [1.807, 2.05) is 13.8 Å². The second-order valence-corrected chi connectivity index (χ2v) is 5.82. The summed E-state index contributed by atoms with van der Waals surface area (Å²) < 4.78 is 0.672. The van der Waals surface area contributed by atoms with Crippen LogP contribution in [0.1, 0.15) is 42.4 Å². The van der Waals surface area contributed by atoms with E-state index in [1.54, 1.807) is 4.90 Å². The largest absolute Gasteiger partial charge is 0.481 e. The first-order valence-electron chi connectivity index (χ1n) is 6.17. The molecule has 7 heteroatoms. The topological polar surface area (TPSA) is 86.3 Å². The van der Waals surface area contributed by atoms with E-state index in [-0.39, 0.29) is 18.4 Å². The molecule has 1 fully saturated rings. The quantitative estimate of drug-likeness (QED) is 0.885. The van der Waals surface area contributed by atoms with Crippen molar-refractivity contribution in [2.24, 2.45) is 5.92 Å². The third-order valence-electron chi connectivity index (χ3n) is 3.34. The molecule has 2 N–H and O–H groups in total. The first-order chi connectivity index (χ1) is 8.91. The van der Waals surface area contributed by atoms with Gasteiger partial charge in [0.1, 0.15) is 0 Å². The summed E-state index contributed by atoms with van der Waals surface area (Å²) in [4.78, 5) is 24.7. The summed E-state index contributed by atoms with van der Waals surface area (Å²) in [5.74, 6) is -1.31. The zero-order valence-electron chi connectivity index (χ0n) is 10.8. The Morgan fingerprint density at radius 2 is 2.21 bits per heavy atom. The average molecular weight is 330 g/mol. The number of amides is 1. The van der Waals surface area contributed by atoms with Gasteiger partial charge in [-0.15, -0.1) is 0 Å². The molecule has 0 aromatic carbocycles. The van der Waals surface area contributed by atoms with Crippen LogP contribution in [0.3, 0.4) is 0 Å². The third kappa shape index (κ3) is 2.65. The number of likely N-dealkylation sites (tertiary alicyclic amines) is 1. The highest BCUT2D eigenvalue weighted by molar-refractivity contribution is 9.10. The number of hydrogen-bond donors (Lipinski definition) is 2. The predicted molar refractivity (Wildman–Crippen MR) is 72.0 cm³/mol. The number of nitrogens with one attached hydrogen (secondary N) is 1. The molecule has 1 aliphatic rings. The van der Waals surface area contributed by atoms with Crippen molar-refractivity contribution in [1.29, 1.82) is 0 Å². The van der Waals surface area contributed by atoms with Gasteiger partial charge in [0.2, 0.25) is 0 Å². The van der Waals surface area contributed by atoms with E-state index < -0.39 is 11.9 Å². The van der Waals surface area contributed by atoms with Crippen molar-refractivity contribution in [3.63, 3.8) is 0 Å². The van der Waals surface area contributed by atoms with Crippen LogP contribution in [0.5, 0.6) is 0 Å².